The van der Waals surface area contributed by atoms with E-state index in [1.165, 1.54) is 24.3 Å². The van der Waals surface area contributed by atoms with Crippen molar-refractivity contribution in [3.05, 3.63) is 29.8 Å². The van der Waals surface area contributed by atoms with E-state index in [1.54, 1.807) is 0 Å². The molecule has 0 spiro atoms. The highest BCUT2D eigenvalue weighted by molar-refractivity contribution is 7.80. The normalized spacial score (nSPS) is 13.9. The number of rotatable bonds is 16. The minimum Gasteiger partial charge on any atom is -0.508 e. The molecule has 3 amide bonds. The molecule has 204 valence electrons. The number of carbonyl (C=O) groups is 6. The second kappa shape index (κ2) is 15.3. The highest BCUT2D eigenvalue weighted by Crippen LogP contribution is 2.11. The number of carboxylic acids is 3. The van der Waals surface area contributed by atoms with Gasteiger partial charge in [-0.25, -0.2) is 4.79 Å². The molecule has 0 aliphatic carbocycles. The van der Waals surface area contributed by atoms with Crippen molar-refractivity contribution in [3.8, 4) is 5.75 Å². The van der Waals surface area contributed by atoms with E-state index in [4.69, 9.17) is 21.1 Å². The van der Waals surface area contributed by atoms with Crippen molar-refractivity contribution in [1.29, 1.82) is 0 Å². The smallest absolute Gasteiger partial charge is 0.327 e. The van der Waals surface area contributed by atoms with E-state index in [1.807, 2.05) is 0 Å². The van der Waals surface area contributed by atoms with Gasteiger partial charge in [-0.15, -0.1) is 0 Å². The maximum Gasteiger partial charge on any atom is 0.327 e. The first-order valence-electron chi connectivity index (χ1n) is 11.1. The summed E-state index contributed by atoms with van der Waals surface area (Å²) in [4.78, 5) is 71.4. The Hall–Kier alpha value is -3.85. The standard InChI is InChI=1S/C22H30N4O10S/c23-13(9-11-1-3-12(27)4-2-11)19(32)24-14(5-7-17(28)29)20(33)25-15(6-8-18(30)31)21(34)26-16(10-37)22(35)36/h1-4,13-16,27,37H,5-10,23H2,(H,24,32)(H,25,33)(H,26,34)(H,28,29)(H,30,31)(H,35,36). The Morgan fingerprint density at radius 1 is 0.757 bits per heavy atom. The quantitative estimate of drug-likeness (QED) is 0.108. The van der Waals surface area contributed by atoms with Crippen molar-refractivity contribution in [2.45, 2.75) is 56.3 Å². The van der Waals surface area contributed by atoms with E-state index in [0.717, 1.165) is 0 Å². The average Bonchev–Trinajstić information content (AvgIpc) is 2.83. The molecule has 4 atom stereocenters. The molecule has 0 aliphatic heterocycles. The molecule has 15 heteroatoms. The molecule has 14 nitrogen and oxygen atoms in total. The van der Waals surface area contributed by atoms with Crippen LogP contribution in [0.15, 0.2) is 24.3 Å². The largest absolute Gasteiger partial charge is 0.508 e. The van der Waals surface area contributed by atoms with Crippen LogP contribution in [0.3, 0.4) is 0 Å². The van der Waals surface area contributed by atoms with Gasteiger partial charge in [0.1, 0.15) is 23.9 Å². The van der Waals surface area contributed by atoms with Crippen molar-refractivity contribution in [2.75, 3.05) is 5.75 Å². The van der Waals surface area contributed by atoms with Gasteiger partial charge in [0.15, 0.2) is 0 Å². The fraction of sp³-hybridized carbons (Fsp3) is 0.455. The number of carboxylic acid groups (broad SMARTS) is 3. The highest BCUT2D eigenvalue weighted by Gasteiger charge is 2.30. The van der Waals surface area contributed by atoms with Crippen LogP contribution in [-0.4, -0.2) is 86.0 Å². The van der Waals surface area contributed by atoms with Gasteiger partial charge in [0, 0.05) is 18.6 Å². The third kappa shape index (κ3) is 11.6. The molecule has 37 heavy (non-hydrogen) atoms. The molecule has 1 aromatic rings. The molecule has 0 fully saturated rings. The van der Waals surface area contributed by atoms with Crippen LogP contribution in [0.25, 0.3) is 0 Å². The fourth-order valence-electron chi connectivity index (χ4n) is 3.06. The van der Waals surface area contributed by atoms with Gasteiger partial charge in [-0.2, -0.15) is 12.6 Å². The maximum atomic E-state index is 12.9. The summed E-state index contributed by atoms with van der Waals surface area (Å²) in [5.74, 6) is -7.01. The van der Waals surface area contributed by atoms with E-state index in [-0.39, 0.29) is 24.3 Å². The number of nitrogens with two attached hydrogens (primary N) is 1. The molecule has 0 radical (unpaired) electrons. The second-order valence-electron chi connectivity index (χ2n) is 8.05. The van der Waals surface area contributed by atoms with Gasteiger partial charge >= 0.3 is 17.9 Å². The first-order chi connectivity index (χ1) is 17.3. The number of amides is 3. The van der Waals surface area contributed by atoms with Crippen molar-refractivity contribution in [3.63, 3.8) is 0 Å². The predicted molar refractivity (Wildman–Crippen MR) is 131 cm³/mol. The number of phenols is 1. The lowest BCUT2D eigenvalue weighted by Crippen LogP contribution is -2.57. The zero-order valence-corrected chi connectivity index (χ0v) is 20.5. The monoisotopic (exact) mass is 542 g/mol. The first kappa shape index (κ1) is 31.2. The fourth-order valence-corrected chi connectivity index (χ4v) is 3.31. The topological polar surface area (TPSA) is 245 Å². The second-order valence-corrected chi connectivity index (χ2v) is 8.41. The maximum absolute atomic E-state index is 12.9. The van der Waals surface area contributed by atoms with Gasteiger partial charge in [0.25, 0.3) is 0 Å². The molecule has 0 heterocycles. The number of hydrogen-bond acceptors (Lipinski definition) is 9. The Balaban J connectivity index is 3.00. The van der Waals surface area contributed by atoms with Crippen LogP contribution < -0.4 is 21.7 Å². The minimum absolute atomic E-state index is 0.0118. The third-order valence-electron chi connectivity index (χ3n) is 5.09. The lowest BCUT2D eigenvalue weighted by molar-refractivity contribution is -0.142. The van der Waals surface area contributed by atoms with E-state index >= 15 is 0 Å². The minimum atomic E-state index is -1.50. The summed E-state index contributed by atoms with van der Waals surface area (Å²) < 4.78 is 0. The van der Waals surface area contributed by atoms with Crippen molar-refractivity contribution in [2.24, 2.45) is 5.73 Å². The number of phenolic OH excluding ortho intramolecular Hbond substituents is 1. The van der Waals surface area contributed by atoms with Gasteiger partial charge in [0.2, 0.25) is 17.7 Å². The number of aromatic hydroxyl groups is 1. The number of thiol groups is 1. The van der Waals surface area contributed by atoms with Crippen LogP contribution >= 0.6 is 12.6 Å². The van der Waals surface area contributed by atoms with Crippen LogP contribution in [0.5, 0.6) is 5.75 Å². The van der Waals surface area contributed by atoms with Crippen LogP contribution in [0, 0.1) is 0 Å². The Kier molecular flexibility index (Phi) is 12.9. The average molecular weight is 543 g/mol. The van der Waals surface area contributed by atoms with Crippen LogP contribution in [0.1, 0.15) is 31.2 Å². The summed E-state index contributed by atoms with van der Waals surface area (Å²) in [5, 5.41) is 43.2. The van der Waals surface area contributed by atoms with Crippen molar-refractivity contribution >= 4 is 48.3 Å². The van der Waals surface area contributed by atoms with E-state index < -0.39 is 79.1 Å². The van der Waals surface area contributed by atoms with Gasteiger partial charge in [-0.05, 0) is 37.0 Å². The number of hydrogen-bond donors (Lipinski definition) is 9. The summed E-state index contributed by atoms with van der Waals surface area (Å²) in [7, 11) is 0. The molecular formula is C22H30N4O10S. The lowest BCUT2D eigenvalue weighted by Gasteiger charge is -2.24. The molecule has 0 saturated carbocycles. The molecule has 0 saturated heterocycles. The van der Waals surface area contributed by atoms with Crippen LogP contribution in [0.2, 0.25) is 0 Å². The van der Waals surface area contributed by atoms with Gasteiger partial charge in [0.05, 0.1) is 6.04 Å². The lowest BCUT2D eigenvalue weighted by atomic mass is 10.0. The summed E-state index contributed by atoms with van der Waals surface area (Å²) in [5.41, 5.74) is 6.51. The summed E-state index contributed by atoms with van der Waals surface area (Å²) >= 11 is 3.83. The summed E-state index contributed by atoms with van der Waals surface area (Å²) in [6.45, 7) is 0. The Morgan fingerprint density at radius 2 is 1.19 bits per heavy atom. The Bertz CT molecular complexity index is 988. The van der Waals surface area contributed by atoms with E-state index in [0.29, 0.717) is 5.56 Å². The highest BCUT2D eigenvalue weighted by atomic mass is 32.1. The summed E-state index contributed by atoms with van der Waals surface area (Å²) in [6.07, 6.45) is -1.84. The number of nitrogens with one attached hydrogen (secondary N) is 3. The molecule has 1 aromatic carbocycles. The number of benzene rings is 1. The van der Waals surface area contributed by atoms with Gasteiger partial charge in [-0.1, -0.05) is 12.1 Å². The van der Waals surface area contributed by atoms with Crippen molar-refractivity contribution in [1.82, 2.24) is 16.0 Å². The van der Waals surface area contributed by atoms with E-state index in [2.05, 4.69) is 28.6 Å². The molecule has 1 rings (SSSR count). The first-order valence-corrected chi connectivity index (χ1v) is 11.7. The number of aliphatic carboxylic acids is 3. The Labute approximate surface area is 217 Å². The molecule has 0 aliphatic rings. The molecule has 0 bridgehead atoms. The van der Waals surface area contributed by atoms with Crippen molar-refractivity contribution < 1.29 is 49.2 Å². The van der Waals surface area contributed by atoms with Gasteiger partial charge in [-0.3, -0.25) is 24.0 Å². The SMILES string of the molecule is NC(Cc1ccc(O)cc1)C(=O)NC(CCC(=O)O)C(=O)NC(CCC(=O)O)C(=O)NC(CS)C(=O)O. The number of carbonyl (C=O) groups excluding carboxylic acids is 3. The van der Waals surface area contributed by atoms with Crippen LogP contribution in [0.4, 0.5) is 0 Å². The van der Waals surface area contributed by atoms with E-state index in [9.17, 15) is 33.9 Å². The third-order valence-corrected chi connectivity index (χ3v) is 5.45. The van der Waals surface area contributed by atoms with Crippen LogP contribution in [-0.2, 0) is 35.2 Å². The predicted octanol–water partition coefficient (Wildman–Crippen LogP) is -1.54. The molecular weight excluding hydrogens is 512 g/mol. The Morgan fingerprint density at radius 3 is 1.59 bits per heavy atom. The molecule has 9 N–H and O–H groups in total. The zero-order chi connectivity index (χ0) is 28.1. The molecule has 4 unspecified atom stereocenters. The zero-order valence-electron chi connectivity index (χ0n) is 19.6. The summed E-state index contributed by atoms with van der Waals surface area (Å²) in [6, 6.07) is 0.357. The van der Waals surface area contributed by atoms with Gasteiger partial charge < -0.3 is 42.1 Å². The molecule has 0 aromatic heterocycles.